The van der Waals surface area contributed by atoms with Gasteiger partial charge in [-0.1, -0.05) is 16.1 Å². The van der Waals surface area contributed by atoms with Crippen molar-refractivity contribution in [2.45, 2.75) is 0 Å². The Kier molecular flexibility index (Phi) is 5.33. The average Bonchev–Trinajstić information content (AvgIpc) is 2.68. The van der Waals surface area contributed by atoms with Crippen LogP contribution in [0.5, 0.6) is 11.5 Å². The first-order valence-electron chi connectivity index (χ1n) is 7.08. The van der Waals surface area contributed by atoms with Gasteiger partial charge in [0.2, 0.25) is 45.1 Å². The molecule has 27 heavy (non-hydrogen) atoms. The lowest BCUT2D eigenvalue weighted by Crippen LogP contribution is -2.17. The van der Waals surface area contributed by atoms with Gasteiger partial charge in [-0.3, -0.25) is 0 Å². The van der Waals surface area contributed by atoms with Crippen molar-refractivity contribution in [2.75, 3.05) is 7.11 Å². The summed E-state index contributed by atoms with van der Waals surface area (Å²) in [6, 6.07) is 6.72. The molecular formula is C15H10ClF5N3O2S+. The van der Waals surface area contributed by atoms with Crippen LogP contribution in [0.15, 0.2) is 29.6 Å². The Labute approximate surface area is 156 Å². The number of hydrogen-bond donors (Lipinski definition) is 2. The van der Waals surface area contributed by atoms with Gasteiger partial charge in [-0.15, -0.1) is 0 Å². The lowest BCUT2D eigenvalue weighted by molar-refractivity contribution is 0.120. The second-order valence-corrected chi connectivity index (χ2v) is 6.94. The van der Waals surface area contributed by atoms with E-state index in [2.05, 4.69) is 9.59 Å². The van der Waals surface area contributed by atoms with Crippen molar-refractivity contribution in [3.8, 4) is 16.4 Å². The van der Waals surface area contributed by atoms with Crippen molar-refractivity contribution in [1.82, 2.24) is 14.5 Å². The number of aromatic amines is 2. The zero-order valence-electron chi connectivity index (χ0n) is 13.3. The summed E-state index contributed by atoms with van der Waals surface area (Å²) in [5.74, 6) is -11.7. The van der Waals surface area contributed by atoms with E-state index in [4.69, 9.17) is 21.2 Å². The molecular weight excluding hydrogens is 417 g/mol. The molecule has 0 aliphatic heterocycles. The van der Waals surface area contributed by atoms with Crippen LogP contribution < -0.4 is 9.57 Å². The number of nitrogens with zero attached hydrogens (tertiary/aromatic N) is 1. The van der Waals surface area contributed by atoms with Gasteiger partial charge in [-0.2, -0.15) is 8.78 Å². The molecule has 1 unspecified atom stereocenters. The number of nitrogens with one attached hydrogen (secondary N) is 2. The van der Waals surface area contributed by atoms with Gasteiger partial charge in [0.15, 0.2) is 5.15 Å². The first-order chi connectivity index (χ1) is 12.8. The highest BCUT2D eigenvalue weighted by molar-refractivity contribution is 7.33. The van der Waals surface area contributed by atoms with E-state index in [9.17, 15) is 22.0 Å². The van der Waals surface area contributed by atoms with Crippen molar-refractivity contribution >= 4 is 22.3 Å². The molecule has 12 heteroatoms. The van der Waals surface area contributed by atoms with E-state index in [1.165, 1.54) is 12.5 Å². The fourth-order valence-corrected chi connectivity index (χ4v) is 3.59. The normalized spacial score (nSPS) is 11.4. The number of ether oxygens (including phenoxy) is 1. The van der Waals surface area contributed by atoms with Gasteiger partial charge >= 0.3 is 0 Å². The fourth-order valence-electron chi connectivity index (χ4n) is 2.01. The van der Waals surface area contributed by atoms with Crippen LogP contribution in [0.25, 0.3) is 4.90 Å². The van der Waals surface area contributed by atoms with Crippen LogP contribution >= 0.6 is 22.3 Å². The van der Waals surface area contributed by atoms with Crippen LogP contribution in [-0.4, -0.2) is 21.7 Å². The quantitative estimate of drug-likeness (QED) is 0.260. The molecule has 2 aromatic carbocycles. The molecule has 3 aromatic rings. The minimum atomic E-state index is -2.28. The Morgan fingerprint density at radius 2 is 1.48 bits per heavy atom. The lowest BCUT2D eigenvalue weighted by Gasteiger charge is -2.10. The highest BCUT2D eigenvalue weighted by Crippen LogP contribution is 2.32. The molecule has 0 amide bonds. The van der Waals surface area contributed by atoms with Gasteiger partial charge in [0, 0.05) is 12.1 Å². The highest BCUT2D eigenvalue weighted by atomic mass is 35.5. The summed E-state index contributed by atoms with van der Waals surface area (Å²) in [6.07, 6.45) is 0. The average molecular weight is 427 g/mol. The van der Waals surface area contributed by atoms with Crippen LogP contribution in [0, 0.1) is 29.1 Å². The molecule has 0 aliphatic rings. The number of methoxy groups -OCH3 is 1. The van der Waals surface area contributed by atoms with Gasteiger partial charge < -0.3 is 9.57 Å². The number of benzene rings is 2. The van der Waals surface area contributed by atoms with Crippen LogP contribution in [0.3, 0.4) is 0 Å². The summed E-state index contributed by atoms with van der Waals surface area (Å²) >= 11 is 5.92. The van der Waals surface area contributed by atoms with E-state index < -0.39 is 45.5 Å². The largest absolute Gasteiger partial charge is 0.497 e. The molecule has 2 N–H and O–H groups in total. The van der Waals surface area contributed by atoms with Crippen LogP contribution in [0.4, 0.5) is 22.0 Å². The summed E-state index contributed by atoms with van der Waals surface area (Å²) < 4.78 is 74.9. The molecule has 0 spiro atoms. The van der Waals surface area contributed by atoms with E-state index in [-0.39, 0.29) is 5.15 Å². The molecule has 0 aliphatic carbocycles. The molecule has 0 saturated carbocycles. The second kappa shape index (κ2) is 7.53. The van der Waals surface area contributed by atoms with Crippen molar-refractivity contribution in [3.63, 3.8) is 0 Å². The monoisotopic (exact) mass is 426 g/mol. The van der Waals surface area contributed by atoms with Crippen molar-refractivity contribution in [3.05, 3.63) is 63.9 Å². The van der Waals surface area contributed by atoms with E-state index in [0.29, 0.717) is 15.6 Å². The molecule has 144 valence electrons. The molecule has 0 fully saturated rings. The Hall–Kier alpha value is -2.66. The number of H-pyrrole nitrogens is 2. The molecule has 0 bridgehead atoms. The third-order valence-electron chi connectivity index (χ3n) is 3.28. The summed E-state index contributed by atoms with van der Waals surface area (Å²) in [5.41, 5.74) is 0. The van der Waals surface area contributed by atoms with E-state index in [1.807, 2.05) is 0 Å². The van der Waals surface area contributed by atoms with E-state index in [1.54, 1.807) is 24.3 Å². The first-order valence-corrected chi connectivity index (χ1v) is 8.75. The molecule has 1 aromatic heterocycles. The minimum Gasteiger partial charge on any atom is -0.497 e. The van der Waals surface area contributed by atoms with Crippen LogP contribution in [0.2, 0.25) is 5.15 Å². The Bertz CT molecular complexity index is 994. The van der Waals surface area contributed by atoms with Gasteiger partial charge in [0.05, 0.1) is 7.11 Å². The third kappa shape index (κ3) is 3.74. The summed E-state index contributed by atoms with van der Waals surface area (Å²) in [4.78, 5) is 6.00. The lowest BCUT2D eigenvalue weighted by atomic mass is 10.3. The van der Waals surface area contributed by atoms with Gasteiger partial charge in [-0.05, 0) is 17.1 Å². The van der Waals surface area contributed by atoms with E-state index >= 15 is 0 Å². The SMILES string of the molecule is COc1ccc(-[s+]2cc(Cl)[nH]n(Oc3c(F)c(F)c(F)c(F)c3F)[nH]2)cc1. The highest BCUT2D eigenvalue weighted by Gasteiger charge is 2.28. The fraction of sp³-hybridized carbons (Fsp3) is 0.0667. The maximum absolute atomic E-state index is 13.8. The second-order valence-electron chi connectivity index (χ2n) is 4.97. The van der Waals surface area contributed by atoms with Crippen molar-refractivity contribution in [1.29, 1.82) is 0 Å². The van der Waals surface area contributed by atoms with Gasteiger partial charge in [0.25, 0.3) is 0 Å². The molecule has 0 saturated heterocycles. The maximum atomic E-state index is 13.8. The number of rotatable bonds is 4. The van der Waals surface area contributed by atoms with Crippen LogP contribution in [-0.2, 0) is 0 Å². The number of aromatic nitrogens is 3. The third-order valence-corrected chi connectivity index (χ3v) is 5.21. The summed E-state index contributed by atoms with van der Waals surface area (Å²) in [7, 11) is 0.548. The standard InChI is InChI=1S/C15H10ClF5N3O2S/c1-25-7-2-4-8(5-3-7)27-6-9(16)22-24(23-27)26-15-13(20)11(18)10(17)12(19)14(15)21/h2-6,22-23H,1H3/q+1. The first kappa shape index (κ1) is 19.1. The number of halogens is 6. The maximum Gasteiger partial charge on any atom is 0.237 e. The molecule has 1 heterocycles. The van der Waals surface area contributed by atoms with Gasteiger partial charge in [0.1, 0.15) is 16.4 Å². The zero-order valence-corrected chi connectivity index (χ0v) is 14.9. The summed E-state index contributed by atoms with van der Waals surface area (Å²) in [6.45, 7) is 0. The molecule has 5 nitrogen and oxygen atoms in total. The van der Waals surface area contributed by atoms with Crippen LogP contribution in [0.1, 0.15) is 0 Å². The van der Waals surface area contributed by atoms with Crippen molar-refractivity contribution in [2.24, 2.45) is 0 Å². The zero-order chi connectivity index (χ0) is 19.7. The Balaban J connectivity index is 2.03. The molecule has 1 atom stereocenters. The topological polar surface area (TPSA) is 55.0 Å². The predicted octanol–water partition coefficient (Wildman–Crippen LogP) is 5.21. The summed E-state index contributed by atoms with van der Waals surface area (Å²) in [5, 5.41) is 3.86. The molecule has 3 rings (SSSR count). The minimum absolute atomic E-state index is 0.00299. The molecule has 0 radical (unpaired) electrons. The predicted molar refractivity (Wildman–Crippen MR) is 88.4 cm³/mol. The number of hydrogen-bond acceptors (Lipinski definition) is 2. The smallest absolute Gasteiger partial charge is 0.237 e. The Morgan fingerprint density at radius 3 is 2.04 bits per heavy atom. The van der Waals surface area contributed by atoms with Crippen molar-refractivity contribution < 1.29 is 31.5 Å². The van der Waals surface area contributed by atoms with Gasteiger partial charge in [-0.25, -0.2) is 18.3 Å². The van der Waals surface area contributed by atoms with E-state index in [0.717, 1.165) is 0 Å². The Morgan fingerprint density at radius 1 is 0.926 bits per heavy atom.